The zero-order chi connectivity index (χ0) is 11.7. The fraction of sp³-hybridized carbons (Fsp3) is 0.222. The minimum Gasteiger partial charge on any atom is -0.350 e. The molecule has 7 heteroatoms. The second-order valence-corrected chi connectivity index (χ2v) is 3.73. The Morgan fingerprint density at radius 2 is 2.25 bits per heavy atom. The average Bonchev–Trinajstić information content (AvgIpc) is 2.53. The highest BCUT2D eigenvalue weighted by atomic mass is 35.5. The predicted molar refractivity (Wildman–Crippen MR) is 61.1 cm³/mol. The quantitative estimate of drug-likeness (QED) is 0.826. The SMILES string of the molecule is Cc1nn(C)cc1Nc1cn[nH]c(=O)c1Cl. The summed E-state index contributed by atoms with van der Waals surface area (Å²) in [5.41, 5.74) is 1.64. The number of aromatic nitrogens is 4. The molecule has 0 amide bonds. The van der Waals surface area contributed by atoms with Gasteiger partial charge in [0.25, 0.3) is 5.56 Å². The number of nitrogens with one attached hydrogen (secondary N) is 2. The smallest absolute Gasteiger partial charge is 0.285 e. The van der Waals surface area contributed by atoms with Crippen LogP contribution >= 0.6 is 11.6 Å². The highest BCUT2D eigenvalue weighted by Crippen LogP contribution is 2.22. The number of halogens is 1. The molecule has 2 rings (SSSR count). The molecule has 0 fully saturated rings. The molecule has 0 aliphatic carbocycles. The lowest BCUT2D eigenvalue weighted by molar-refractivity contribution is 0.756. The molecule has 0 atom stereocenters. The van der Waals surface area contributed by atoms with Gasteiger partial charge in [0.1, 0.15) is 5.02 Å². The van der Waals surface area contributed by atoms with Crippen molar-refractivity contribution in [3.05, 3.63) is 33.5 Å². The van der Waals surface area contributed by atoms with E-state index in [9.17, 15) is 4.79 Å². The van der Waals surface area contributed by atoms with Crippen LogP contribution in [0.2, 0.25) is 5.02 Å². The topological polar surface area (TPSA) is 75.6 Å². The fourth-order valence-corrected chi connectivity index (χ4v) is 1.48. The van der Waals surface area contributed by atoms with Gasteiger partial charge in [-0.15, -0.1) is 0 Å². The summed E-state index contributed by atoms with van der Waals surface area (Å²) in [6, 6.07) is 0. The molecule has 0 aromatic carbocycles. The molecule has 0 radical (unpaired) electrons. The van der Waals surface area contributed by atoms with E-state index >= 15 is 0 Å². The van der Waals surface area contributed by atoms with Crippen molar-refractivity contribution in [2.45, 2.75) is 6.92 Å². The lowest BCUT2D eigenvalue weighted by atomic mass is 10.3. The molecule has 0 spiro atoms. The molecule has 16 heavy (non-hydrogen) atoms. The summed E-state index contributed by atoms with van der Waals surface area (Å²) in [5.74, 6) is 0. The predicted octanol–water partition coefficient (Wildman–Crippen LogP) is 1.21. The van der Waals surface area contributed by atoms with Crippen LogP contribution < -0.4 is 10.9 Å². The molecule has 2 N–H and O–H groups in total. The zero-order valence-corrected chi connectivity index (χ0v) is 9.54. The first-order valence-corrected chi connectivity index (χ1v) is 4.96. The molecular formula is C9H10ClN5O. The Morgan fingerprint density at radius 1 is 1.50 bits per heavy atom. The summed E-state index contributed by atoms with van der Waals surface area (Å²) < 4.78 is 1.67. The Hall–Kier alpha value is -1.82. The molecule has 84 valence electrons. The lowest BCUT2D eigenvalue weighted by Gasteiger charge is -2.04. The highest BCUT2D eigenvalue weighted by Gasteiger charge is 2.08. The summed E-state index contributed by atoms with van der Waals surface area (Å²) in [6.07, 6.45) is 3.25. The second kappa shape index (κ2) is 3.97. The summed E-state index contributed by atoms with van der Waals surface area (Å²) in [7, 11) is 1.82. The van der Waals surface area contributed by atoms with Crippen molar-refractivity contribution in [1.82, 2.24) is 20.0 Å². The van der Waals surface area contributed by atoms with Gasteiger partial charge in [-0.2, -0.15) is 10.2 Å². The molecule has 2 aromatic rings. The van der Waals surface area contributed by atoms with E-state index in [0.717, 1.165) is 11.4 Å². The standard InChI is InChI=1S/C9H10ClN5O/c1-5-7(4-15(2)14-5)12-6-3-11-13-9(16)8(6)10/h3-4H,1-2H3,(H2,12,13,16). The molecular weight excluding hydrogens is 230 g/mol. The molecule has 2 heterocycles. The molecule has 0 bridgehead atoms. The van der Waals surface area contributed by atoms with Crippen molar-refractivity contribution in [3.8, 4) is 0 Å². The highest BCUT2D eigenvalue weighted by molar-refractivity contribution is 6.33. The van der Waals surface area contributed by atoms with E-state index in [1.165, 1.54) is 6.20 Å². The molecule has 0 saturated heterocycles. The van der Waals surface area contributed by atoms with Crippen LogP contribution in [-0.4, -0.2) is 20.0 Å². The van der Waals surface area contributed by atoms with Crippen LogP contribution in [-0.2, 0) is 7.05 Å². The van der Waals surface area contributed by atoms with Crippen molar-refractivity contribution >= 4 is 23.0 Å². The van der Waals surface area contributed by atoms with Crippen LogP contribution in [0.1, 0.15) is 5.69 Å². The van der Waals surface area contributed by atoms with Gasteiger partial charge in [0.2, 0.25) is 0 Å². The van der Waals surface area contributed by atoms with E-state index in [2.05, 4.69) is 20.6 Å². The summed E-state index contributed by atoms with van der Waals surface area (Å²) in [6.45, 7) is 1.86. The van der Waals surface area contributed by atoms with E-state index in [-0.39, 0.29) is 5.02 Å². The number of nitrogens with zero attached hydrogens (tertiary/aromatic N) is 3. The summed E-state index contributed by atoms with van der Waals surface area (Å²) in [5, 5.41) is 13.2. The third-order valence-electron chi connectivity index (χ3n) is 2.08. The minimum atomic E-state index is -0.423. The number of aryl methyl sites for hydroxylation is 2. The molecule has 0 aliphatic rings. The maximum Gasteiger partial charge on any atom is 0.285 e. The second-order valence-electron chi connectivity index (χ2n) is 3.35. The van der Waals surface area contributed by atoms with Crippen molar-refractivity contribution in [1.29, 1.82) is 0 Å². The maximum absolute atomic E-state index is 11.2. The van der Waals surface area contributed by atoms with E-state index < -0.39 is 5.56 Å². The van der Waals surface area contributed by atoms with Crippen LogP contribution in [0, 0.1) is 6.92 Å². The van der Waals surface area contributed by atoms with Crippen molar-refractivity contribution < 1.29 is 0 Å². The van der Waals surface area contributed by atoms with Crippen LogP contribution in [0.25, 0.3) is 0 Å². The Morgan fingerprint density at radius 3 is 2.88 bits per heavy atom. The van der Waals surface area contributed by atoms with E-state index in [1.807, 2.05) is 14.0 Å². The number of hydrogen-bond acceptors (Lipinski definition) is 4. The van der Waals surface area contributed by atoms with Gasteiger partial charge < -0.3 is 5.32 Å². The normalized spacial score (nSPS) is 10.4. The summed E-state index contributed by atoms with van der Waals surface area (Å²) >= 11 is 5.83. The van der Waals surface area contributed by atoms with Gasteiger partial charge in [0, 0.05) is 13.2 Å². The van der Waals surface area contributed by atoms with E-state index in [1.54, 1.807) is 10.9 Å². The first kappa shape index (κ1) is 10.7. The molecule has 0 aliphatic heterocycles. The van der Waals surface area contributed by atoms with Gasteiger partial charge in [0.05, 0.1) is 23.3 Å². The Bertz CT molecular complexity index is 574. The minimum absolute atomic E-state index is 0.0817. The van der Waals surface area contributed by atoms with Gasteiger partial charge in [-0.05, 0) is 6.92 Å². The zero-order valence-electron chi connectivity index (χ0n) is 8.78. The third kappa shape index (κ3) is 1.92. The first-order chi connectivity index (χ1) is 7.58. The van der Waals surface area contributed by atoms with Gasteiger partial charge in [-0.3, -0.25) is 9.48 Å². The van der Waals surface area contributed by atoms with Gasteiger partial charge in [-0.25, -0.2) is 5.10 Å². The van der Waals surface area contributed by atoms with Crippen LogP contribution in [0.3, 0.4) is 0 Å². The number of rotatable bonds is 2. The summed E-state index contributed by atoms with van der Waals surface area (Å²) in [4.78, 5) is 11.2. The van der Waals surface area contributed by atoms with E-state index in [4.69, 9.17) is 11.6 Å². The Balaban J connectivity index is 2.38. The van der Waals surface area contributed by atoms with Crippen LogP contribution in [0.15, 0.2) is 17.2 Å². The number of anilines is 2. The molecule has 6 nitrogen and oxygen atoms in total. The Labute approximate surface area is 96.2 Å². The van der Waals surface area contributed by atoms with Crippen LogP contribution in [0.5, 0.6) is 0 Å². The monoisotopic (exact) mass is 239 g/mol. The fourth-order valence-electron chi connectivity index (χ4n) is 1.34. The third-order valence-corrected chi connectivity index (χ3v) is 2.45. The maximum atomic E-state index is 11.2. The Kier molecular flexibility index (Phi) is 2.66. The number of hydrogen-bond donors (Lipinski definition) is 2. The lowest BCUT2D eigenvalue weighted by Crippen LogP contribution is -2.10. The number of aromatic amines is 1. The van der Waals surface area contributed by atoms with E-state index in [0.29, 0.717) is 5.69 Å². The average molecular weight is 240 g/mol. The van der Waals surface area contributed by atoms with Crippen molar-refractivity contribution in [3.63, 3.8) is 0 Å². The van der Waals surface area contributed by atoms with Gasteiger partial charge >= 0.3 is 0 Å². The number of H-pyrrole nitrogens is 1. The van der Waals surface area contributed by atoms with Gasteiger partial charge in [0.15, 0.2) is 0 Å². The van der Waals surface area contributed by atoms with Gasteiger partial charge in [-0.1, -0.05) is 11.6 Å². The van der Waals surface area contributed by atoms with Crippen molar-refractivity contribution in [2.75, 3.05) is 5.32 Å². The van der Waals surface area contributed by atoms with Crippen LogP contribution in [0.4, 0.5) is 11.4 Å². The molecule has 2 aromatic heterocycles. The molecule has 0 saturated carbocycles. The van der Waals surface area contributed by atoms with Crippen molar-refractivity contribution in [2.24, 2.45) is 7.05 Å². The first-order valence-electron chi connectivity index (χ1n) is 4.58. The molecule has 0 unspecified atom stereocenters. The largest absolute Gasteiger partial charge is 0.350 e.